The van der Waals surface area contributed by atoms with Gasteiger partial charge in [0.05, 0.1) is 19.1 Å². The summed E-state index contributed by atoms with van der Waals surface area (Å²) < 4.78 is 10.7. The van der Waals surface area contributed by atoms with Crippen LogP contribution in [-0.2, 0) is 4.74 Å². The number of nitrogens with zero attached hydrogens (tertiary/aromatic N) is 3. The topological polar surface area (TPSA) is 88.3 Å². The fourth-order valence-corrected chi connectivity index (χ4v) is 1.76. The van der Waals surface area contributed by atoms with Crippen LogP contribution in [0.15, 0.2) is 22.6 Å². The first kappa shape index (κ1) is 13.2. The molecule has 19 heavy (non-hydrogen) atoms. The lowest BCUT2D eigenvalue weighted by Gasteiger charge is -2.18. The minimum Gasteiger partial charge on any atom is -0.423 e. The summed E-state index contributed by atoms with van der Waals surface area (Å²) in [6.07, 6.45) is 0.407. The van der Waals surface area contributed by atoms with Crippen LogP contribution in [0.2, 0.25) is 0 Å². The highest BCUT2D eigenvalue weighted by Crippen LogP contribution is 2.23. The summed E-state index contributed by atoms with van der Waals surface area (Å²) in [5.41, 5.74) is 7.76. The van der Waals surface area contributed by atoms with Gasteiger partial charge in [-0.3, -0.25) is 0 Å². The van der Waals surface area contributed by atoms with Crippen LogP contribution >= 0.6 is 0 Å². The molecule has 0 bridgehead atoms. The Bertz CT molecular complexity index is 588. The highest BCUT2D eigenvalue weighted by atomic mass is 16.5. The molecule has 0 spiro atoms. The van der Waals surface area contributed by atoms with E-state index in [2.05, 4.69) is 11.1 Å². The number of hydrogen-bond acceptors (Lipinski definition) is 6. The van der Waals surface area contributed by atoms with Gasteiger partial charge < -0.3 is 19.8 Å². The van der Waals surface area contributed by atoms with Gasteiger partial charge in [-0.1, -0.05) is 0 Å². The third-order valence-electron chi connectivity index (χ3n) is 2.73. The molecule has 0 aliphatic carbocycles. The number of fused-ring (bicyclic) bond motifs is 1. The van der Waals surface area contributed by atoms with Crippen molar-refractivity contribution in [3.05, 3.63) is 18.2 Å². The Morgan fingerprint density at radius 2 is 2.32 bits per heavy atom. The molecule has 0 saturated carbocycles. The van der Waals surface area contributed by atoms with Gasteiger partial charge in [-0.15, -0.1) is 0 Å². The fourth-order valence-electron chi connectivity index (χ4n) is 1.76. The zero-order valence-corrected chi connectivity index (χ0v) is 10.8. The van der Waals surface area contributed by atoms with E-state index in [9.17, 15) is 0 Å². The van der Waals surface area contributed by atoms with Gasteiger partial charge in [0.1, 0.15) is 5.52 Å². The maximum Gasteiger partial charge on any atom is 0.298 e. The van der Waals surface area contributed by atoms with Gasteiger partial charge in [0.2, 0.25) is 0 Å². The maximum atomic E-state index is 8.69. The lowest BCUT2D eigenvalue weighted by Crippen LogP contribution is -2.28. The van der Waals surface area contributed by atoms with Crippen molar-refractivity contribution in [1.29, 1.82) is 5.26 Å². The molecule has 0 atom stereocenters. The predicted molar refractivity (Wildman–Crippen MR) is 72.7 cm³/mol. The van der Waals surface area contributed by atoms with Crippen LogP contribution in [-0.4, -0.2) is 31.8 Å². The molecule has 1 aromatic carbocycles. The summed E-state index contributed by atoms with van der Waals surface area (Å²) in [4.78, 5) is 6.29. The molecule has 0 amide bonds. The van der Waals surface area contributed by atoms with E-state index in [0.717, 1.165) is 5.52 Å². The Morgan fingerprint density at radius 1 is 1.47 bits per heavy atom. The van der Waals surface area contributed by atoms with Crippen molar-refractivity contribution in [3.63, 3.8) is 0 Å². The molecule has 0 fully saturated rings. The lowest BCUT2D eigenvalue weighted by molar-refractivity contribution is 0.204. The number of nitriles is 1. The summed E-state index contributed by atoms with van der Waals surface area (Å²) in [5.74, 6) is 0. The van der Waals surface area contributed by atoms with Crippen molar-refractivity contribution in [2.75, 3.05) is 37.4 Å². The lowest BCUT2D eigenvalue weighted by atomic mass is 10.3. The first-order valence-electron chi connectivity index (χ1n) is 6.01. The van der Waals surface area contributed by atoms with Crippen LogP contribution < -0.4 is 10.6 Å². The number of benzene rings is 1. The first-order valence-corrected chi connectivity index (χ1v) is 6.01. The number of methoxy groups -OCH3 is 1. The van der Waals surface area contributed by atoms with Crippen LogP contribution in [0.3, 0.4) is 0 Å². The first-order chi connectivity index (χ1) is 9.24. The predicted octanol–water partition coefficient (Wildman–Crippen LogP) is 1.78. The number of nitrogen functional groups attached to an aromatic ring is 1. The van der Waals surface area contributed by atoms with Gasteiger partial charge in [-0.05, 0) is 18.2 Å². The van der Waals surface area contributed by atoms with Crippen LogP contribution in [0.1, 0.15) is 6.42 Å². The van der Waals surface area contributed by atoms with Crippen molar-refractivity contribution in [3.8, 4) is 6.07 Å². The molecule has 0 unspecified atom stereocenters. The number of hydrogen-bond donors (Lipinski definition) is 1. The van der Waals surface area contributed by atoms with E-state index >= 15 is 0 Å². The zero-order chi connectivity index (χ0) is 13.7. The third kappa shape index (κ3) is 3.14. The van der Waals surface area contributed by atoms with E-state index in [0.29, 0.717) is 43.4 Å². The Hall–Kier alpha value is -2.26. The van der Waals surface area contributed by atoms with Crippen LogP contribution in [0.25, 0.3) is 11.1 Å². The summed E-state index contributed by atoms with van der Waals surface area (Å²) in [6.45, 7) is 1.73. The number of nitrogens with two attached hydrogens (primary N) is 1. The molecule has 6 nitrogen and oxygen atoms in total. The number of aromatic nitrogens is 1. The standard InChI is InChI=1S/C13H16N4O2/c1-18-8-7-17(6-2-5-14)13-16-11-9-10(15)3-4-12(11)19-13/h3-4,9H,2,6-8,15H2,1H3. The highest BCUT2D eigenvalue weighted by molar-refractivity contribution is 5.78. The quantitative estimate of drug-likeness (QED) is 0.796. The number of rotatable bonds is 6. The smallest absolute Gasteiger partial charge is 0.298 e. The average Bonchev–Trinajstić information content (AvgIpc) is 2.81. The van der Waals surface area contributed by atoms with Gasteiger partial charge in [-0.2, -0.15) is 10.2 Å². The minimum absolute atomic E-state index is 0.407. The normalized spacial score (nSPS) is 10.5. The third-order valence-corrected chi connectivity index (χ3v) is 2.73. The molecule has 0 aliphatic rings. The molecule has 100 valence electrons. The number of oxazole rings is 1. The molecule has 0 aliphatic heterocycles. The van der Waals surface area contributed by atoms with Gasteiger partial charge in [-0.25, -0.2) is 0 Å². The Morgan fingerprint density at radius 3 is 3.05 bits per heavy atom. The van der Waals surface area contributed by atoms with E-state index in [1.807, 2.05) is 4.90 Å². The molecule has 2 N–H and O–H groups in total. The second-order valence-electron chi connectivity index (χ2n) is 4.11. The van der Waals surface area contributed by atoms with Crippen molar-refractivity contribution >= 4 is 22.8 Å². The highest BCUT2D eigenvalue weighted by Gasteiger charge is 2.13. The Balaban J connectivity index is 2.24. The summed E-state index contributed by atoms with van der Waals surface area (Å²) in [6, 6.07) is 7.94. The van der Waals surface area contributed by atoms with Gasteiger partial charge >= 0.3 is 0 Å². The number of anilines is 2. The van der Waals surface area contributed by atoms with Gasteiger partial charge in [0, 0.05) is 25.9 Å². The van der Waals surface area contributed by atoms with Crippen LogP contribution in [0.4, 0.5) is 11.7 Å². The molecular formula is C13H16N4O2. The van der Waals surface area contributed by atoms with Crippen molar-refractivity contribution in [2.45, 2.75) is 6.42 Å². The molecular weight excluding hydrogens is 244 g/mol. The van der Waals surface area contributed by atoms with Crippen LogP contribution in [0.5, 0.6) is 0 Å². The van der Waals surface area contributed by atoms with Crippen molar-refractivity contribution < 1.29 is 9.15 Å². The van der Waals surface area contributed by atoms with Gasteiger partial charge in [0.15, 0.2) is 5.58 Å². The largest absolute Gasteiger partial charge is 0.423 e. The number of ether oxygens (including phenoxy) is 1. The average molecular weight is 260 g/mol. The SMILES string of the molecule is COCCN(CCC#N)c1nc2cc(N)ccc2o1. The molecule has 1 aromatic heterocycles. The Kier molecular flexibility index (Phi) is 4.21. The molecule has 0 saturated heterocycles. The second-order valence-corrected chi connectivity index (χ2v) is 4.11. The van der Waals surface area contributed by atoms with E-state index < -0.39 is 0 Å². The molecule has 2 rings (SSSR count). The maximum absolute atomic E-state index is 8.69. The van der Waals surface area contributed by atoms with Crippen molar-refractivity contribution in [2.24, 2.45) is 0 Å². The summed E-state index contributed by atoms with van der Waals surface area (Å²) >= 11 is 0. The van der Waals surface area contributed by atoms with E-state index in [1.54, 1.807) is 25.3 Å². The van der Waals surface area contributed by atoms with E-state index in [4.69, 9.17) is 20.1 Å². The zero-order valence-electron chi connectivity index (χ0n) is 10.8. The van der Waals surface area contributed by atoms with Gasteiger partial charge in [0.25, 0.3) is 6.01 Å². The summed E-state index contributed by atoms with van der Waals surface area (Å²) in [5, 5.41) is 8.69. The monoisotopic (exact) mass is 260 g/mol. The minimum atomic E-state index is 0.407. The van der Waals surface area contributed by atoms with Crippen molar-refractivity contribution in [1.82, 2.24) is 4.98 Å². The fraction of sp³-hybridized carbons (Fsp3) is 0.385. The second kappa shape index (κ2) is 6.07. The summed E-state index contributed by atoms with van der Waals surface area (Å²) in [7, 11) is 1.63. The van der Waals surface area contributed by atoms with Crippen LogP contribution in [0, 0.1) is 11.3 Å². The van der Waals surface area contributed by atoms with E-state index in [1.165, 1.54) is 0 Å². The molecule has 6 heteroatoms. The Labute approximate surface area is 111 Å². The molecule has 2 aromatic rings. The molecule has 0 radical (unpaired) electrons. The van der Waals surface area contributed by atoms with E-state index in [-0.39, 0.29) is 0 Å². The molecule has 1 heterocycles.